The molecule has 0 bridgehead atoms. The third kappa shape index (κ3) is 4.52. The average molecular weight is 383 g/mol. The van der Waals surface area contributed by atoms with Crippen molar-refractivity contribution in [2.24, 2.45) is 0 Å². The zero-order valence-electron chi connectivity index (χ0n) is 15.5. The Hall–Kier alpha value is -2.73. The number of hydrogen-bond acceptors (Lipinski definition) is 2. The minimum Gasteiger partial charge on any atom is -0.334 e. The molecule has 1 heterocycles. The van der Waals surface area contributed by atoms with Crippen LogP contribution in [0.2, 0.25) is 0 Å². The van der Waals surface area contributed by atoms with Crippen LogP contribution in [0.3, 0.4) is 0 Å². The molecule has 0 aliphatic carbocycles. The summed E-state index contributed by atoms with van der Waals surface area (Å²) in [5, 5.41) is 5.75. The maximum Gasteiger partial charge on any atom is 0.319 e. The van der Waals surface area contributed by atoms with Gasteiger partial charge in [-0.1, -0.05) is 6.07 Å². The second-order valence-corrected chi connectivity index (χ2v) is 7.13. The van der Waals surface area contributed by atoms with E-state index in [1.165, 1.54) is 12.1 Å². The molecular formula is C21H22FN3OS. The van der Waals surface area contributed by atoms with E-state index in [9.17, 15) is 9.18 Å². The predicted molar refractivity (Wildman–Crippen MR) is 109 cm³/mol. The van der Waals surface area contributed by atoms with Gasteiger partial charge in [0.1, 0.15) is 5.82 Å². The van der Waals surface area contributed by atoms with E-state index >= 15 is 0 Å². The minimum absolute atomic E-state index is 0.250. The van der Waals surface area contributed by atoms with Crippen LogP contribution in [0.1, 0.15) is 17.0 Å². The van der Waals surface area contributed by atoms with Crippen molar-refractivity contribution in [3.05, 3.63) is 77.4 Å². The first kappa shape index (κ1) is 19.0. The van der Waals surface area contributed by atoms with Gasteiger partial charge in [-0.25, -0.2) is 9.18 Å². The third-order valence-corrected chi connectivity index (χ3v) is 5.11. The molecule has 3 rings (SSSR count). The van der Waals surface area contributed by atoms with Crippen molar-refractivity contribution in [3.8, 4) is 5.69 Å². The van der Waals surface area contributed by atoms with Gasteiger partial charge in [-0.3, -0.25) is 0 Å². The maximum atomic E-state index is 13.2. The minimum atomic E-state index is -0.259. The Morgan fingerprint density at radius 1 is 1.11 bits per heavy atom. The number of thioether (sulfide) groups is 1. The van der Waals surface area contributed by atoms with Crippen LogP contribution in [0.4, 0.5) is 14.9 Å². The standard InChI is InChI=1S/C21H22FN3OS/c1-14-11-16(15(2)25(14)19-9-7-17(22)8-10-19)13-23-21(26)24-18-5-4-6-20(12-18)27-3/h4-12H,13H2,1-3H3,(H2,23,24,26). The molecule has 0 spiro atoms. The van der Waals surface area contributed by atoms with Crippen molar-refractivity contribution >= 4 is 23.5 Å². The number of urea groups is 1. The highest BCUT2D eigenvalue weighted by atomic mass is 32.2. The van der Waals surface area contributed by atoms with Crippen LogP contribution in [-0.4, -0.2) is 16.9 Å². The second kappa shape index (κ2) is 8.31. The van der Waals surface area contributed by atoms with E-state index in [2.05, 4.69) is 15.2 Å². The molecule has 2 aromatic carbocycles. The molecule has 0 unspecified atom stereocenters. The lowest BCUT2D eigenvalue weighted by molar-refractivity contribution is 0.251. The number of benzene rings is 2. The highest BCUT2D eigenvalue weighted by Crippen LogP contribution is 2.21. The predicted octanol–water partition coefficient (Wildman–Crippen LogP) is 5.28. The summed E-state index contributed by atoms with van der Waals surface area (Å²) in [4.78, 5) is 13.3. The molecular weight excluding hydrogens is 361 g/mol. The summed E-state index contributed by atoms with van der Waals surface area (Å²) in [7, 11) is 0. The number of amides is 2. The molecule has 2 N–H and O–H groups in total. The molecule has 0 saturated heterocycles. The van der Waals surface area contributed by atoms with Crippen molar-refractivity contribution in [1.82, 2.24) is 9.88 Å². The first-order valence-electron chi connectivity index (χ1n) is 8.60. The Morgan fingerprint density at radius 2 is 1.85 bits per heavy atom. The van der Waals surface area contributed by atoms with Gasteiger partial charge in [0, 0.05) is 34.2 Å². The molecule has 0 aliphatic heterocycles. The summed E-state index contributed by atoms with van der Waals surface area (Å²) in [6.07, 6.45) is 2.00. The third-order valence-electron chi connectivity index (χ3n) is 4.39. The van der Waals surface area contributed by atoms with Crippen molar-refractivity contribution in [2.45, 2.75) is 25.3 Å². The zero-order chi connectivity index (χ0) is 19.4. The number of nitrogens with one attached hydrogen (secondary N) is 2. The molecule has 0 atom stereocenters. The molecule has 27 heavy (non-hydrogen) atoms. The van der Waals surface area contributed by atoms with Gasteiger partial charge in [-0.15, -0.1) is 11.8 Å². The summed E-state index contributed by atoms with van der Waals surface area (Å²) >= 11 is 1.63. The average Bonchev–Trinajstić information content (AvgIpc) is 2.94. The molecule has 0 fully saturated rings. The second-order valence-electron chi connectivity index (χ2n) is 6.25. The quantitative estimate of drug-likeness (QED) is 0.589. The van der Waals surface area contributed by atoms with Crippen LogP contribution in [-0.2, 0) is 6.54 Å². The van der Waals surface area contributed by atoms with Gasteiger partial charge in [-0.05, 0) is 74.2 Å². The number of halogens is 1. The van der Waals surface area contributed by atoms with E-state index in [1.807, 2.05) is 50.4 Å². The van der Waals surface area contributed by atoms with Crippen LogP contribution in [0.15, 0.2) is 59.5 Å². The van der Waals surface area contributed by atoms with Crippen LogP contribution in [0.5, 0.6) is 0 Å². The Morgan fingerprint density at radius 3 is 2.56 bits per heavy atom. The number of carbonyl (C=O) groups is 1. The molecule has 2 amide bonds. The van der Waals surface area contributed by atoms with Crippen LogP contribution in [0.25, 0.3) is 5.69 Å². The number of aromatic nitrogens is 1. The molecule has 1 aromatic heterocycles. The molecule has 3 aromatic rings. The van der Waals surface area contributed by atoms with Gasteiger partial charge in [0.2, 0.25) is 0 Å². The largest absolute Gasteiger partial charge is 0.334 e. The fourth-order valence-corrected chi connectivity index (χ4v) is 3.51. The molecule has 0 radical (unpaired) electrons. The van der Waals surface area contributed by atoms with Gasteiger partial charge < -0.3 is 15.2 Å². The summed E-state index contributed by atoms with van der Waals surface area (Å²) in [5.74, 6) is -0.259. The Kier molecular flexibility index (Phi) is 5.86. The van der Waals surface area contributed by atoms with Gasteiger partial charge in [-0.2, -0.15) is 0 Å². The number of nitrogens with zero attached hydrogens (tertiary/aromatic N) is 1. The summed E-state index contributed by atoms with van der Waals surface area (Å²) < 4.78 is 15.2. The van der Waals surface area contributed by atoms with Crippen molar-refractivity contribution in [2.75, 3.05) is 11.6 Å². The SMILES string of the molecule is CSc1cccc(NC(=O)NCc2cc(C)n(-c3ccc(F)cc3)c2C)c1. The van der Waals surface area contributed by atoms with Crippen molar-refractivity contribution in [1.29, 1.82) is 0 Å². The summed E-state index contributed by atoms with van der Waals surface area (Å²) in [6, 6.07) is 15.9. The lowest BCUT2D eigenvalue weighted by Gasteiger charge is -2.11. The van der Waals surface area contributed by atoms with E-state index in [-0.39, 0.29) is 11.8 Å². The van der Waals surface area contributed by atoms with Gasteiger partial charge in [0.05, 0.1) is 0 Å². The molecule has 0 saturated carbocycles. The van der Waals surface area contributed by atoms with E-state index in [4.69, 9.17) is 0 Å². The van der Waals surface area contributed by atoms with Gasteiger partial charge in [0.25, 0.3) is 0 Å². The molecule has 0 aliphatic rings. The summed E-state index contributed by atoms with van der Waals surface area (Å²) in [6.45, 7) is 4.40. The number of carbonyl (C=O) groups excluding carboxylic acids is 1. The molecule has 140 valence electrons. The van der Waals surface area contributed by atoms with Crippen LogP contribution < -0.4 is 10.6 Å². The Balaban J connectivity index is 1.68. The summed E-state index contributed by atoms with van der Waals surface area (Å²) in [5.41, 5.74) is 4.73. The number of rotatable bonds is 5. The zero-order valence-corrected chi connectivity index (χ0v) is 16.4. The van der Waals surface area contributed by atoms with Crippen LogP contribution in [0, 0.1) is 19.7 Å². The van der Waals surface area contributed by atoms with Crippen molar-refractivity contribution in [3.63, 3.8) is 0 Å². The molecule has 4 nitrogen and oxygen atoms in total. The maximum absolute atomic E-state index is 13.2. The normalized spacial score (nSPS) is 10.7. The number of aryl methyl sites for hydroxylation is 1. The number of hydrogen-bond donors (Lipinski definition) is 2. The van der Waals surface area contributed by atoms with Crippen molar-refractivity contribution < 1.29 is 9.18 Å². The monoisotopic (exact) mass is 383 g/mol. The van der Waals surface area contributed by atoms with E-state index in [0.717, 1.165) is 33.2 Å². The fraction of sp³-hybridized carbons (Fsp3) is 0.190. The highest BCUT2D eigenvalue weighted by molar-refractivity contribution is 7.98. The lowest BCUT2D eigenvalue weighted by atomic mass is 10.2. The van der Waals surface area contributed by atoms with Gasteiger partial charge in [0.15, 0.2) is 0 Å². The van der Waals surface area contributed by atoms with Gasteiger partial charge >= 0.3 is 6.03 Å². The lowest BCUT2D eigenvalue weighted by Crippen LogP contribution is -2.28. The Labute approximate surface area is 162 Å². The Bertz CT molecular complexity index is 951. The first-order chi connectivity index (χ1) is 13.0. The number of anilines is 1. The molecule has 6 heteroatoms. The van der Waals surface area contributed by atoms with E-state index < -0.39 is 0 Å². The van der Waals surface area contributed by atoms with E-state index in [1.54, 1.807) is 23.9 Å². The highest BCUT2D eigenvalue weighted by Gasteiger charge is 2.12. The topological polar surface area (TPSA) is 46.1 Å². The fourth-order valence-electron chi connectivity index (χ4n) is 3.05. The first-order valence-corrected chi connectivity index (χ1v) is 9.83. The van der Waals surface area contributed by atoms with Crippen LogP contribution >= 0.6 is 11.8 Å². The smallest absolute Gasteiger partial charge is 0.319 e. The van der Waals surface area contributed by atoms with E-state index in [0.29, 0.717) is 6.54 Å².